The van der Waals surface area contributed by atoms with Gasteiger partial charge in [-0.2, -0.15) is 5.10 Å². The molecule has 2 N–H and O–H groups in total. The molecule has 1 saturated carbocycles. The lowest BCUT2D eigenvalue weighted by molar-refractivity contribution is -0.140. The number of hydrogen-bond acceptors (Lipinski definition) is 3. The number of benzene rings is 1. The highest BCUT2D eigenvalue weighted by molar-refractivity contribution is 6.31. The summed E-state index contributed by atoms with van der Waals surface area (Å²) in [6.45, 7) is 0. The normalized spacial score (nSPS) is 15.8. The topological polar surface area (TPSA) is 67.2 Å². The summed E-state index contributed by atoms with van der Waals surface area (Å²) in [4.78, 5) is 11.5. The highest BCUT2D eigenvalue weighted by Gasteiger charge is 2.53. The zero-order valence-electron chi connectivity index (χ0n) is 11.2. The van der Waals surface area contributed by atoms with Gasteiger partial charge in [-0.15, -0.1) is 0 Å². The number of aliphatic carboxylic acids is 1. The Balaban J connectivity index is 2.12. The summed E-state index contributed by atoms with van der Waals surface area (Å²) in [5, 5.41) is 16.3. The van der Waals surface area contributed by atoms with Crippen LogP contribution in [-0.4, -0.2) is 20.9 Å². The largest absolute Gasteiger partial charge is 0.481 e. The Hall–Kier alpha value is -2.08. The fraction of sp³-hybridized carbons (Fsp3) is 0.286. The van der Waals surface area contributed by atoms with Crippen LogP contribution >= 0.6 is 11.6 Å². The lowest BCUT2D eigenvalue weighted by Crippen LogP contribution is -2.21. The van der Waals surface area contributed by atoms with Crippen LogP contribution in [0.15, 0.2) is 24.4 Å². The second kappa shape index (κ2) is 4.73. The number of rotatable bonds is 4. The van der Waals surface area contributed by atoms with Crippen molar-refractivity contribution in [2.75, 3.05) is 5.32 Å². The van der Waals surface area contributed by atoms with Crippen molar-refractivity contribution in [2.45, 2.75) is 18.3 Å². The average molecular weight is 310 g/mol. The highest BCUT2D eigenvalue weighted by Crippen LogP contribution is 2.52. The molecule has 0 amide bonds. The predicted octanol–water partition coefficient (Wildman–Crippen LogP) is 3.07. The number of aromatic nitrogens is 2. The van der Waals surface area contributed by atoms with Gasteiger partial charge in [-0.05, 0) is 24.5 Å². The third-order valence-electron chi connectivity index (χ3n) is 3.84. The van der Waals surface area contributed by atoms with Crippen molar-refractivity contribution in [2.24, 2.45) is 7.05 Å². The maximum atomic E-state index is 14.4. The number of carboxylic acids is 1. The van der Waals surface area contributed by atoms with E-state index in [1.165, 1.54) is 10.7 Å². The molecule has 1 aromatic heterocycles. The highest BCUT2D eigenvalue weighted by atomic mass is 35.5. The monoisotopic (exact) mass is 309 g/mol. The number of carboxylic acid groups (broad SMARTS) is 1. The van der Waals surface area contributed by atoms with Gasteiger partial charge in [0.25, 0.3) is 0 Å². The van der Waals surface area contributed by atoms with E-state index in [2.05, 4.69) is 10.4 Å². The first-order chi connectivity index (χ1) is 9.95. The first-order valence-electron chi connectivity index (χ1n) is 6.42. The number of hydrogen-bond donors (Lipinski definition) is 2. The number of anilines is 2. The molecule has 0 radical (unpaired) electrons. The fourth-order valence-electron chi connectivity index (χ4n) is 2.42. The van der Waals surface area contributed by atoms with Crippen molar-refractivity contribution in [3.63, 3.8) is 0 Å². The SMILES string of the molecule is Cn1nccc1Nc1c(C2(C(=O)O)CC2)ccc(Cl)c1F. The van der Waals surface area contributed by atoms with Crippen LogP contribution in [0.2, 0.25) is 5.02 Å². The van der Waals surface area contributed by atoms with E-state index >= 15 is 0 Å². The molecule has 1 aromatic carbocycles. The van der Waals surface area contributed by atoms with Crippen LogP contribution in [0.4, 0.5) is 15.9 Å². The first kappa shape index (κ1) is 13.9. The van der Waals surface area contributed by atoms with Crippen molar-refractivity contribution in [1.29, 1.82) is 0 Å². The van der Waals surface area contributed by atoms with Gasteiger partial charge in [-0.25, -0.2) is 4.39 Å². The predicted molar refractivity (Wildman–Crippen MR) is 76.4 cm³/mol. The molecule has 5 nitrogen and oxygen atoms in total. The molecule has 1 heterocycles. The van der Waals surface area contributed by atoms with Crippen LogP contribution in [0.25, 0.3) is 0 Å². The molecule has 3 rings (SSSR count). The second-order valence-electron chi connectivity index (χ2n) is 5.14. The summed E-state index contributed by atoms with van der Waals surface area (Å²) in [5.41, 5.74) is -0.504. The molecule has 1 aliphatic rings. The molecule has 0 atom stereocenters. The number of carbonyl (C=O) groups is 1. The third kappa shape index (κ3) is 2.15. The lowest BCUT2D eigenvalue weighted by atomic mass is 9.94. The summed E-state index contributed by atoms with van der Waals surface area (Å²) in [6, 6.07) is 4.64. The maximum absolute atomic E-state index is 14.4. The maximum Gasteiger partial charge on any atom is 0.314 e. The summed E-state index contributed by atoms with van der Waals surface area (Å²) in [7, 11) is 1.70. The molecule has 1 aliphatic carbocycles. The minimum Gasteiger partial charge on any atom is -0.481 e. The third-order valence-corrected chi connectivity index (χ3v) is 4.14. The molecular formula is C14H13ClFN3O2. The number of nitrogens with zero attached hydrogens (tertiary/aromatic N) is 2. The fourth-order valence-corrected chi connectivity index (χ4v) is 2.58. The smallest absolute Gasteiger partial charge is 0.314 e. The van der Waals surface area contributed by atoms with Crippen molar-refractivity contribution in [3.05, 3.63) is 40.8 Å². The minimum atomic E-state index is -1.02. The molecule has 0 saturated heterocycles. The Bertz CT molecular complexity index is 725. The van der Waals surface area contributed by atoms with Crippen molar-refractivity contribution in [3.8, 4) is 0 Å². The van der Waals surface area contributed by atoms with E-state index < -0.39 is 17.2 Å². The van der Waals surface area contributed by atoms with Crippen molar-refractivity contribution in [1.82, 2.24) is 9.78 Å². The Morgan fingerprint density at radius 1 is 1.48 bits per heavy atom. The molecule has 21 heavy (non-hydrogen) atoms. The Labute approximate surface area is 125 Å². The van der Waals surface area contributed by atoms with E-state index in [1.54, 1.807) is 25.4 Å². The molecular weight excluding hydrogens is 297 g/mol. The van der Waals surface area contributed by atoms with Gasteiger partial charge in [0.05, 0.1) is 22.3 Å². The Kier molecular flexibility index (Phi) is 3.13. The first-order valence-corrected chi connectivity index (χ1v) is 6.80. The lowest BCUT2D eigenvalue weighted by Gasteiger charge is -2.18. The quantitative estimate of drug-likeness (QED) is 0.911. The van der Waals surface area contributed by atoms with Gasteiger partial charge in [-0.1, -0.05) is 17.7 Å². The van der Waals surface area contributed by atoms with Crippen LogP contribution in [0.1, 0.15) is 18.4 Å². The summed E-state index contributed by atoms with van der Waals surface area (Å²) < 4.78 is 15.9. The van der Waals surface area contributed by atoms with E-state index in [0.29, 0.717) is 24.2 Å². The van der Waals surface area contributed by atoms with Gasteiger partial charge in [0.1, 0.15) is 5.82 Å². The zero-order chi connectivity index (χ0) is 15.2. The van der Waals surface area contributed by atoms with Crippen LogP contribution in [-0.2, 0) is 17.3 Å². The Morgan fingerprint density at radius 3 is 2.71 bits per heavy atom. The van der Waals surface area contributed by atoms with E-state index in [1.807, 2.05) is 0 Å². The second-order valence-corrected chi connectivity index (χ2v) is 5.54. The summed E-state index contributed by atoms with van der Waals surface area (Å²) >= 11 is 5.83. The van der Waals surface area contributed by atoms with Gasteiger partial charge in [0.2, 0.25) is 0 Å². The van der Waals surface area contributed by atoms with Gasteiger partial charge in [0, 0.05) is 13.1 Å². The molecule has 1 fully saturated rings. The molecule has 7 heteroatoms. The summed E-state index contributed by atoms with van der Waals surface area (Å²) in [6.07, 6.45) is 2.54. The number of aryl methyl sites for hydroxylation is 1. The molecule has 110 valence electrons. The van der Waals surface area contributed by atoms with Crippen LogP contribution in [0.5, 0.6) is 0 Å². The standard InChI is InChI=1S/C14H13ClFN3O2/c1-19-10(4-7-17-19)18-12-8(2-3-9(15)11(12)16)14(5-6-14)13(20)21/h2-4,7,18H,5-6H2,1H3,(H,20,21). The zero-order valence-corrected chi connectivity index (χ0v) is 12.0. The van der Waals surface area contributed by atoms with Crippen molar-refractivity contribution >= 4 is 29.1 Å². The van der Waals surface area contributed by atoms with Gasteiger partial charge >= 0.3 is 5.97 Å². The van der Waals surface area contributed by atoms with E-state index in [4.69, 9.17) is 11.6 Å². The molecule has 0 bridgehead atoms. The molecule has 0 spiro atoms. The number of nitrogens with one attached hydrogen (secondary N) is 1. The van der Waals surface area contributed by atoms with Crippen LogP contribution in [0, 0.1) is 5.82 Å². The number of halogens is 2. The van der Waals surface area contributed by atoms with E-state index in [-0.39, 0.29) is 10.7 Å². The average Bonchev–Trinajstić information content (AvgIpc) is 3.15. The van der Waals surface area contributed by atoms with E-state index in [0.717, 1.165) is 0 Å². The Morgan fingerprint density at radius 2 is 2.19 bits per heavy atom. The van der Waals surface area contributed by atoms with E-state index in [9.17, 15) is 14.3 Å². The van der Waals surface area contributed by atoms with Gasteiger partial charge in [-0.3, -0.25) is 9.48 Å². The molecule has 0 unspecified atom stereocenters. The van der Waals surface area contributed by atoms with Crippen LogP contribution in [0.3, 0.4) is 0 Å². The van der Waals surface area contributed by atoms with Gasteiger partial charge in [0.15, 0.2) is 5.82 Å². The van der Waals surface area contributed by atoms with Crippen LogP contribution < -0.4 is 5.32 Å². The van der Waals surface area contributed by atoms with Gasteiger partial charge < -0.3 is 10.4 Å². The minimum absolute atomic E-state index is 0.0513. The summed E-state index contributed by atoms with van der Waals surface area (Å²) in [5.74, 6) is -1.04. The molecule has 0 aliphatic heterocycles. The molecule has 2 aromatic rings. The van der Waals surface area contributed by atoms with Crippen molar-refractivity contribution < 1.29 is 14.3 Å².